The van der Waals surface area contributed by atoms with E-state index in [2.05, 4.69) is 10.6 Å². The molecule has 106 valence electrons. The summed E-state index contributed by atoms with van der Waals surface area (Å²) in [6, 6.07) is 2.85. The number of nitrogens with one attached hydrogen (secondary N) is 2. The molecule has 0 aromatic carbocycles. The second-order valence-corrected chi connectivity index (χ2v) is 4.42. The van der Waals surface area contributed by atoms with E-state index in [4.69, 9.17) is 9.52 Å². The van der Waals surface area contributed by atoms with Crippen molar-refractivity contribution in [2.45, 2.75) is 32.7 Å². The predicted molar refractivity (Wildman–Crippen MR) is 69.7 cm³/mol. The number of hydrogen-bond donors (Lipinski definition) is 3. The van der Waals surface area contributed by atoms with Gasteiger partial charge in [-0.15, -0.1) is 0 Å². The largest absolute Gasteiger partial charge is 0.481 e. The predicted octanol–water partition coefficient (Wildman–Crippen LogP) is 2.14. The number of furan rings is 1. The van der Waals surface area contributed by atoms with E-state index in [9.17, 15) is 9.59 Å². The number of amides is 2. The van der Waals surface area contributed by atoms with Crippen LogP contribution in [0.2, 0.25) is 0 Å². The average molecular weight is 268 g/mol. The van der Waals surface area contributed by atoms with Crippen LogP contribution < -0.4 is 10.6 Å². The topological polar surface area (TPSA) is 91.6 Å². The summed E-state index contributed by atoms with van der Waals surface area (Å²) in [5, 5.41) is 14.2. The van der Waals surface area contributed by atoms with Crippen LogP contribution in [-0.4, -0.2) is 23.7 Å². The van der Waals surface area contributed by atoms with Crippen LogP contribution in [0.5, 0.6) is 0 Å². The molecule has 19 heavy (non-hydrogen) atoms. The molecule has 0 aliphatic heterocycles. The molecule has 6 heteroatoms. The SMILES string of the molecule is CCCC(CNC(=O)NC(C)c1ccco1)C(=O)O. The van der Waals surface area contributed by atoms with E-state index >= 15 is 0 Å². The molecule has 1 aromatic heterocycles. The Morgan fingerprint density at radius 2 is 2.21 bits per heavy atom. The Balaban J connectivity index is 2.36. The third-order valence-electron chi connectivity index (χ3n) is 2.81. The lowest BCUT2D eigenvalue weighted by atomic mass is 10.0. The molecule has 0 aliphatic carbocycles. The molecule has 0 radical (unpaired) electrons. The van der Waals surface area contributed by atoms with Gasteiger partial charge < -0.3 is 20.2 Å². The van der Waals surface area contributed by atoms with Gasteiger partial charge in [0, 0.05) is 6.54 Å². The maximum atomic E-state index is 11.6. The molecule has 1 heterocycles. The van der Waals surface area contributed by atoms with Crippen molar-refractivity contribution >= 4 is 12.0 Å². The average Bonchev–Trinajstić information content (AvgIpc) is 2.87. The Hall–Kier alpha value is -1.98. The highest BCUT2D eigenvalue weighted by Crippen LogP contribution is 2.11. The Morgan fingerprint density at radius 3 is 2.74 bits per heavy atom. The van der Waals surface area contributed by atoms with Crippen molar-refractivity contribution in [3.63, 3.8) is 0 Å². The monoisotopic (exact) mass is 268 g/mol. The quantitative estimate of drug-likeness (QED) is 0.706. The van der Waals surface area contributed by atoms with E-state index in [1.165, 1.54) is 6.26 Å². The molecule has 0 saturated heterocycles. The highest BCUT2D eigenvalue weighted by molar-refractivity contribution is 5.76. The first-order chi connectivity index (χ1) is 9.04. The van der Waals surface area contributed by atoms with Gasteiger partial charge >= 0.3 is 12.0 Å². The number of carboxylic acid groups (broad SMARTS) is 1. The number of rotatable bonds is 7. The van der Waals surface area contributed by atoms with E-state index < -0.39 is 17.9 Å². The van der Waals surface area contributed by atoms with Crippen LogP contribution in [-0.2, 0) is 4.79 Å². The van der Waals surface area contributed by atoms with Gasteiger partial charge in [0.05, 0.1) is 18.2 Å². The van der Waals surface area contributed by atoms with Crippen LogP contribution in [0.15, 0.2) is 22.8 Å². The van der Waals surface area contributed by atoms with E-state index in [0.717, 1.165) is 6.42 Å². The van der Waals surface area contributed by atoms with E-state index in [1.54, 1.807) is 19.1 Å². The first kappa shape index (κ1) is 15.1. The molecule has 3 N–H and O–H groups in total. The number of carboxylic acids is 1. The maximum Gasteiger partial charge on any atom is 0.315 e. The van der Waals surface area contributed by atoms with Crippen molar-refractivity contribution in [3.8, 4) is 0 Å². The van der Waals surface area contributed by atoms with Crippen LogP contribution >= 0.6 is 0 Å². The number of urea groups is 1. The molecule has 2 atom stereocenters. The molecular weight excluding hydrogens is 248 g/mol. The normalized spacial score (nSPS) is 13.6. The lowest BCUT2D eigenvalue weighted by Crippen LogP contribution is -2.40. The Bertz CT molecular complexity index is 403. The smallest absolute Gasteiger partial charge is 0.315 e. The van der Waals surface area contributed by atoms with Crippen LogP contribution in [0.1, 0.15) is 38.5 Å². The van der Waals surface area contributed by atoms with E-state index in [0.29, 0.717) is 12.2 Å². The highest BCUT2D eigenvalue weighted by Gasteiger charge is 2.18. The van der Waals surface area contributed by atoms with Crippen molar-refractivity contribution in [2.24, 2.45) is 5.92 Å². The molecule has 6 nitrogen and oxygen atoms in total. The molecule has 0 fully saturated rings. The van der Waals surface area contributed by atoms with Crippen LogP contribution in [0, 0.1) is 5.92 Å². The fraction of sp³-hybridized carbons (Fsp3) is 0.538. The number of aliphatic carboxylic acids is 1. The molecule has 2 unspecified atom stereocenters. The zero-order chi connectivity index (χ0) is 14.3. The Kier molecular flexibility index (Phi) is 5.92. The molecule has 1 rings (SSSR count). The van der Waals surface area contributed by atoms with Crippen molar-refractivity contribution in [3.05, 3.63) is 24.2 Å². The summed E-state index contributed by atoms with van der Waals surface area (Å²) in [6.07, 6.45) is 2.85. The van der Waals surface area contributed by atoms with Gasteiger partial charge in [-0.05, 0) is 25.5 Å². The van der Waals surface area contributed by atoms with Crippen molar-refractivity contribution in [2.75, 3.05) is 6.54 Å². The lowest BCUT2D eigenvalue weighted by molar-refractivity contribution is -0.141. The van der Waals surface area contributed by atoms with Gasteiger partial charge in [-0.1, -0.05) is 13.3 Å². The zero-order valence-electron chi connectivity index (χ0n) is 11.2. The minimum absolute atomic E-state index is 0.125. The van der Waals surface area contributed by atoms with E-state index in [1.807, 2.05) is 6.92 Å². The van der Waals surface area contributed by atoms with Crippen molar-refractivity contribution in [1.82, 2.24) is 10.6 Å². The number of carbonyl (C=O) groups excluding carboxylic acids is 1. The second kappa shape index (κ2) is 7.45. The molecular formula is C13H20N2O4. The fourth-order valence-electron chi connectivity index (χ4n) is 1.73. The third-order valence-corrected chi connectivity index (χ3v) is 2.81. The molecule has 0 bridgehead atoms. The minimum Gasteiger partial charge on any atom is -0.481 e. The van der Waals surface area contributed by atoms with Crippen molar-refractivity contribution < 1.29 is 19.1 Å². The molecule has 0 spiro atoms. The third kappa shape index (κ3) is 5.03. The first-order valence-corrected chi connectivity index (χ1v) is 6.35. The van der Waals surface area contributed by atoms with Gasteiger partial charge in [-0.3, -0.25) is 4.79 Å². The summed E-state index contributed by atoms with van der Waals surface area (Å²) < 4.78 is 5.16. The summed E-state index contributed by atoms with van der Waals surface area (Å²) in [7, 11) is 0. The summed E-state index contributed by atoms with van der Waals surface area (Å²) in [4.78, 5) is 22.5. The summed E-state index contributed by atoms with van der Waals surface area (Å²) in [5.74, 6) is -0.783. The van der Waals surface area contributed by atoms with Gasteiger partial charge in [0.1, 0.15) is 5.76 Å². The van der Waals surface area contributed by atoms with Gasteiger partial charge in [-0.25, -0.2) is 4.79 Å². The highest BCUT2D eigenvalue weighted by atomic mass is 16.4. The fourth-order valence-corrected chi connectivity index (χ4v) is 1.73. The van der Waals surface area contributed by atoms with Gasteiger partial charge in [-0.2, -0.15) is 0 Å². The van der Waals surface area contributed by atoms with Crippen LogP contribution in [0.4, 0.5) is 4.79 Å². The minimum atomic E-state index is -0.888. The molecule has 0 saturated carbocycles. The molecule has 2 amide bonds. The Labute approximate surface area is 112 Å². The van der Waals surface area contributed by atoms with Crippen LogP contribution in [0.25, 0.3) is 0 Å². The Morgan fingerprint density at radius 1 is 1.47 bits per heavy atom. The first-order valence-electron chi connectivity index (χ1n) is 6.35. The molecule has 1 aromatic rings. The standard InChI is InChI=1S/C13H20N2O4/c1-3-5-10(12(16)17)8-14-13(18)15-9(2)11-6-4-7-19-11/h4,6-7,9-10H,3,5,8H2,1-2H3,(H,16,17)(H2,14,15,18). The lowest BCUT2D eigenvalue weighted by Gasteiger charge is -2.15. The van der Waals surface area contributed by atoms with Gasteiger partial charge in [0.25, 0.3) is 0 Å². The van der Waals surface area contributed by atoms with Crippen molar-refractivity contribution in [1.29, 1.82) is 0 Å². The van der Waals surface area contributed by atoms with Gasteiger partial charge in [0.2, 0.25) is 0 Å². The van der Waals surface area contributed by atoms with E-state index in [-0.39, 0.29) is 12.6 Å². The maximum absolute atomic E-state index is 11.6. The number of hydrogen-bond acceptors (Lipinski definition) is 3. The second-order valence-electron chi connectivity index (χ2n) is 4.42. The summed E-state index contributed by atoms with van der Waals surface area (Å²) in [5.41, 5.74) is 0. The molecule has 0 aliphatic rings. The zero-order valence-corrected chi connectivity index (χ0v) is 11.2. The summed E-state index contributed by atoms with van der Waals surface area (Å²) >= 11 is 0. The van der Waals surface area contributed by atoms with Crippen LogP contribution in [0.3, 0.4) is 0 Å². The number of carbonyl (C=O) groups is 2. The summed E-state index contributed by atoms with van der Waals surface area (Å²) in [6.45, 7) is 3.83. The van der Waals surface area contributed by atoms with Gasteiger partial charge in [0.15, 0.2) is 0 Å².